The number of phosphoric ester groups is 1. The van der Waals surface area contributed by atoms with Crippen LogP contribution in [0.15, 0.2) is 72.9 Å². The zero-order chi connectivity index (χ0) is 41.1. The number of rotatable bonds is 41. The van der Waals surface area contributed by atoms with Crippen molar-refractivity contribution in [2.24, 2.45) is 5.73 Å². The molecule has 3 unspecified atom stereocenters. The van der Waals surface area contributed by atoms with Crippen molar-refractivity contribution >= 4 is 13.7 Å². The van der Waals surface area contributed by atoms with Crippen molar-refractivity contribution in [1.29, 1.82) is 0 Å². The highest BCUT2D eigenvalue weighted by atomic mass is 31.2. The quantitative estimate of drug-likeness (QED) is 0.0275. The molecule has 0 aromatic rings. The summed E-state index contributed by atoms with van der Waals surface area (Å²) in [6.07, 6.45) is 54.8. The van der Waals surface area contributed by atoms with Crippen molar-refractivity contribution in [1.82, 2.24) is 5.32 Å². The normalized spacial score (nSPS) is 14.7. The summed E-state index contributed by atoms with van der Waals surface area (Å²) in [6, 6.07) is -0.792. The molecular formula is C47H85N2O6P. The van der Waals surface area contributed by atoms with Crippen LogP contribution in [0.25, 0.3) is 0 Å². The first-order valence-electron chi connectivity index (χ1n) is 22.6. The van der Waals surface area contributed by atoms with Crippen LogP contribution in [-0.4, -0.2) is 47.8 Å². The molecule has 0 aromatic heterocycles. The molecule has 5 N–H and O–H groups in total. The van der Waals surface area contributed by atoms with Crippen molar-refractivity contribution < 1.29 is 28.4 Å². The monoisotopic (exact) mass is 805 g/mol. The van der Waals surface area contributed by atoms with Gasteiger partial charge in [0.15, 0.2) is 0 Å². The molecule has 3 atom stereocenters. The van der Waals surface area contributed by atoms with Gasteiger partial charge in [0.1, 0.15) is 0 Å². The van der Waals surface area contributed by atoms with E-state index in [1.54, 1.807) is 0 Å². The first-order chi connectivity index (χ1) is 27.4. The van der Waals surface area contributed by atoms with Crippen LogP contribution in [0.3, 0.4) is 0 Å². The highest BCUT2D eigenvalue weighted by molar-refractivity contribution is 7.47. The van der Waals surface area contributed by atoms with E-state index in [0.717, 1.165) is 89.9 Å². The standard InChI is InChI=1S/C47H85N2O6P/c1-3-5-7-9-11-13-15-17-19-20-21-22-23-24-25-26-27-29-31-33-35-37-39-41-47(51)49-45(44-55-56(52,53)54-43-42-48)46(50)40-38-36-34-32-30-28-18-16-14-12-10-8-6-4-2/h5,7,11,13,17,19,21-22,24-25,27,29,45-46,50H,3-4,6,8-10,12,14-16,18,20,23,26,28,30-44,48H2,1-2H3,(H,49,51)(H,52,53)/b7-5-,13-11-,19-17-,22-21-,25-24-,29-27-. The summed E-state index contributed by atoms with van der Waals surface area (Å²) in [6.45, 7) is 4.06. The van der Waals surface area contributed by atoms with Gasteiger partial charge in [-0.05, 0) is 64.2 Å². The molecule has 0 rings (SSSR count). The molecule has 0 saturated heterocycles. The van der Waals surface area contributed by atoms with E-state index in [1.165, 1.54) is 70.6 Å². The number of allylic oxidation sites excluding steroid dienone is 12. The first-order valence-corrected chi connectivity index (χ1v) is 24.0. The molecule has 0 spiro atoms. The lowest BCUT2D eigenvalue weighted by Crippen LogP contribution is -2.46. The Bertz CT molecular complexity index is 1100. The lowest BCUT2D eigenvalue weighted by Gasteiger charge is -2.25. The fraction of sp³-hybridized carbons (Fsp3) is 0.723. The van der Waals surface area contributed by atoms with Gasteiger partial charge in [-0.25, -0.2) is 4.57 Å². The summed E-state index contributed by atoms with van der Waals surface area (Å²) >= 11 is 0. The highest BCUT2D eigenvalue weighted by Crippen LogP contribution is 2.43. The Morgan fingerprint density at radius 1 is 0.607 bits per heavy atom. The van der Waals surface area contributed by atoms with E-state index in [2.05, 4.69) is 92.1 Å². The van der Waals surface area contributed by atoms with E-state index in [0.29, 0.717) is 12.8 Å². The number of aliphatic hydroxyl groups excluding tert-OH is 1. The molecule has 9 heteroatoms. The molecule has 0 fully saturated rings. The minimum atomic E-state index is -4.33. The van der Waals surface area contributed by atoms with Crippen molar-refractivity contribution in [2.45, 2.75) is 199 Å². The third-order valence-electron chi connectivity index (χ3n) is 9.57. The molecule has 324 valence electrons. The van der Waals surface area contributed by atoms with Crippen LogP contribution in [0, 0.1) is 0 Å². The predicted octanol–water partition coefficient (Wildman–Crippen LogP) is 12.8. The van der Waals surface area contributed by atoms with Gasteiger partial charge in [0.05, 0.1) is 25.4 Å². The fourth-order valence-corrected chi connectivity index (χ4v) is 6.96. The maximum absolute atomic E-state index is 12.8. The van der Waals surface area contributed by atoms with Crippen molar-refractivity contribution in [2.75, 3.05) is 19.8 Å². The Balaban J connectivity index is 4.21. The number of carbonyl (C=O) groups is 1. The number of hydrogen-bond donors (Lipinski definition) is 4. The molecule has 1 amide bonds. The van der Waals surface area contributed by atoms with Crippen LogP contribution < -0.4 is 11.1 Å². The molecule has 0 heterocycles. The number of hydrogen-bond acceptors (Lipinski definition) is 6. The van der Waals surface area contributed by atoms with Gasteiger partial charge in [0, 0.05) is 13.0 Å². The second-order valence-electron chi connectivity index (χ2n) is 14.9. The van der Waals surface area contributed by atoms with Gasteiger partial charge in [0.25, 0.3) is 0 Å². The third-order valence-corrected chi connectivity index (χ3v) is 10.6. The number of carbonyl (C=O) groups excluding carboxylic acids is 1. The number of nitrogens with two attached hydrogens (primary N) is 1. The molecule has 0 aliphatic carbocycles. The summed E-state index contributed by atoms with van der Waals surface area (Å²) < 4.78 is 22.2. The van der Waals surface area contributed by atoms with Gasteiger partial charge >= 0.3 is 7.82 Å². The zero-order valence-electron chi connectivity index (χ0n) is 35.8. The molecule has 0 saturated carbocycles. The smallest absolute Gasteiger partial charge is 0.391 e. The molecule has 0 bridgehead atoms. The minimum Gasteiger partial charge on any atom is -0.391 e. The van der Waals surface area contributed by atoms with E-state index in [1.807, 2.05) is 0 Å². The maximum Gasteiger partial charge on any atom is 0.472 e. The second-order valence-corrected chi connectivity index (χ2v) is 16.3. The number of unbranched alkanes of at least 4 members (excludes halogenated alkanes) is 17. The number of phosphoric acid groups is 1. The van der Waals surface area contributed by atoms with Crippen molar-refractivity contribution in [3.05, 3.63) is 72.9 Å². The van der Waals surface area contributed by atoms with E-state index in [-0.39, 0.29) is 25.7 Å². The van der Waals surface area contributed by atoms with E-state index in [4.69, 9.17) is 14.8 Å². The van der Waals surface area contributed by atoms with Crippen LogP contribution in [0.4, 0.5) is 0 Å². The van der Waals surface area contributed by atoms with E-state index < -0.39 is 20.0 Å². The lowest BCUT2D eigenvalue weighted by molar-refractivity contribution is -0.123. The largest absolute Gasteiger partial charge is 0.472 e. The summed E-state index contributed by atoms with van der Waals surface area (Å²) in [5.41, 5.74) is 5.38. The van der Waals surface area contributed by atoms with E-state index in [9.17, 15) is 19.4 Å². The van der Waals surface area contributed by atoms with Gasteiger partial charge in [-0.3, -0.25) is 13.8 Å². The van der Waals surface area contributed by atoms with Gasteiger partial charge in [0.2, 0.25) is 5.91 Å². The Morgan fingerprint density at radius 2 is 1.04 bits per heavy atom. The molecule has 8 nitrogen and oxygen atoms in total. The molecule has 56 heavy (non-hydrogen) atoms. The number of amides is 1. The fourth-order valence-electron chi connectivity index (χ4n) is 6.20. The van der Waals surface area contributed by atoms with Gasteiger partial charge in [-0.2, -0.15) is 0 Å². The average molecular weight is 805 g/mol. The Labute approximate surface area is 344 Å². The molecule has 0 aliphatic rings. The maximum atomic E-state index is 12.8. The number of aliphatic hydroxyl groups is 1. The second kappa shape index (κ2) is 42.5. The highest BCUT2D eigenvalue weighted by Gasteiger charge is 2.27. The van der Waals surface area contributed by atoms with Crippen LogP contribution in [0.5, 0.6) is 0 Å². The van der Waals surface area contributed by atoms with Crippen molar-refractivity contribution in [3.63, 3.8) is 0 Å². The first kappa shape index (κ1) is 53.9. The minimum absolute atomic E-state index is 0.0806. The summed E-state index contributed by atoms with van der Waals surface area (Å²) in [5.74, 6) is -0.189. The molecule has 0 aliphatic heterocycles. The predicted molar refractivity (Wildman–Crippen MR) is 240 cm³/mol. The Kier molecular flexibility index (Phi) is 41.0. The van der Waals surface area contributed by atoms with Crippen LogP contribution >= 0.6 is 7.82 Å². The zero-order valence-corrected chi connectivity index (χ0v) is 36.7. The number of nitrogens with one attached hydrogen (secondary N) is 1. The van der Waals surface area contributed by atoms with E-state index >= 15 is 0 Å². The average Bonchev–Trinajstić information content (AvgIpc) is 3.19. The molecule has 0 aromatic carbocycles. The summed E-state index contributed by atoms with van der Waals surface area (Å²) in [4.78, 5) is 22.7. The topological polar surface area (TPSA) is 131 Å². The SMILES string of the molecule is CC/C=C\C/C=C\C/C=C\C/C=C\C/C=C\C/C=C\CCCCCCC(=O)NC(COP(=O)(O)OCCN)C(O)CCCCCCCCCCCCCCCC. The Morgan fingerprint density at radius 3 is 1.52 bits per heavy atom. The molecule has 0 radical (unpaired) electrons. The van der Waals surface area contributed by atoms with Crippen LogP contribution in [0.1, 0.15) is 187 Å². The van der Waals surface area contributed by atoms with Gasteiger partial charge in [-0.1, -0.05) is 189 Å². The third kappa shape index (κ3) is 40.1. The van der Waals surface area contributed by atoms with Crippen LogP contribution in [0.2, 0.25) is 0 Å². The lowest BCUT2D eigenvalue weighted by atomic mass is 10.0. The van der Waals surface area contributed by atoms with Gasteiger partial charge < -0.3 is 21.1 Å². The summed E-state index contributed by atoms with van der Waals surface area (Å²) in [5, 5.41) is 13.8. The van der Waals surface area contributed by atoms with Gasteiger partial charge in [-0.15, -0.1) is 0 Å². The molecular weight excluding hydrogens is 719 g/mol. The van der Waals surface area contributed by atoms with Crippen molar-refractivity contribution in [3.8, 4) is 0 Å². The van der Waals surface area contributed by atoms with Crippen LogP contribution in [-0.2, 0) is 18.4 Å². The summed E-state index contributed by atoms with van der Waals surface area (Å²) in [7, 11) is -4.33. The Hall–Kier alpha value is -2.06.